The highest BCUT2D eigenvalue weighted by Gasteiger charge is 2.27. The van der Waals surface area contributed by atoms with E-state index in [1.807, 2.05) is 42.5 Å². The van der Waals surface area contributed by atoms with Crippen LogP contribution in [-0.2, 0) is 11.2 Å². The number of carbonyl (C=O) groups is 1. The Balaban J connectivity index is 1.34. The van der Waals surface area contributed by atoms with Crippen LogP contribution in [0.15, 0.2) is 72.9 Å². The minimum absolute atomic E-state index is 0.0111. The molecule has 1 amide bonds. The van der Waals surface area contributed by atoms with Crippen molar-refractivity contribution in [2.45, 2.75) is 38.6 Å². The Morgan fingerprint density at radius 3 is 2.61 bits per heavy atom. The van der Waals surface area contributed by atoms with E-state index in [0.29, 0.717) is 6.54 Å². The lowest BCUT2D eigenvalue weighted by Crippen LogP contribution is -2.45. The molecule has 0 saturated carbocycles. The topological polar surface area (TPSA) is 58.1 Å². The third-order valence-corrected chi connectivity index (χ3v) is 5.89. The number of carbonyl (C=O) groups excluding carboxylic acids is 1. The number of amides is 1. The summed E-state index contributed by atoms with van der Waals surface area (Å²) in [6, 6.07) is 22.5. The first-order valence-electron chi connectivity index (χ1n) is 11.2. The van der Waals surface area contributed by atoms with E-state index in [9.17, 15) is 4.79 Å². The molecule has 2 aromatic carbocycles. The summed E-state index contributed by atoms with van der Waals surface area (Å²) in [7, 11) is 0. The van der Waals surface area contributed by atoms with Crippen LogP contribution in [-0.4, -0.2) is 35.0 Å². The van der Waals surface area contributed by atoms with Gasteiger partial charge in [0.05, 0.1) is 5.92 Å². The van der Waals surface area contributed by atoms with Crippen LogP contribution in [0.3, 0.4) is 0 Å². The molecule has 2 heterocycles. The summed E-state index contributed by atoms with van der Waals surface area (Å²) in [5.74, 6) is 1.76. The second kappa shape index (κ2) is 10.2. The largest absolute Gasteiger partial charge is 0.356 e. The Labute approximate surface area is 184 Å². The van der Waals surface area contributed by atoms with Crippen molar-refractivity contribution in [3.05, 3.63) is 78.5 Å². The van der Waals surface area contributed by atoms with Crippen LogP contribution in [0.1, 0.15) is 31.7 Å². The number of nitrogens with zero attached hydrogens (tertiary/aromatic N) is 3. The molecule has 5 heteroatoms. The third kappa shape index (κ3) is 5.69. The van der Waals surface area contributed by atoms with Crippen molar-refractivity contribution < 1.29 is 4.79 Å². The number of aromatic nitrogens is 2. The third-order valence-electron chi connectivity index (χ3n) is 5.89. The Bertz CT molecular complexity index is 977. The maximum absolute atomic E-state index is 12.9. The normalized spacial score (nSPS) is 17.2. The Kier molecular flexibility index (Phi) is 6.92. The Morgan fingerprint density at radius 1 is 1.10 bits per heavy atom. The van der Waals surface area contributed by atoms with E-state index in [-0.39, 0.29) is 17.9 Å². The molecule has 0 unspecified atom stereocenters. The van der Waals surface area contributed by atoms with Gasteiger partial charge in [0.1, 0.15) is 5.82 Å². The molecule has 0 radical (unpaired) electrons. The predicted molar refractivity (Wildman–Crippen MR) is 125 cm³/mol. The lowest BCUT2D eigenvalue weighted by molar-refractivity contribution is -0.125. The first-order valence-corrected chi connectivity index (χ1v) is 11.2. The molecular formula is C26H30N4O. The number of rotatable bonds is 7. The summed E-state index contributed by atoms with van der Waals surface area (Å²) >= 11 is 0. The zero-order valence-electron chi connectivity index (χ0n) is 18.1. The van der Waals surface area contributed by atoms with Crippen molar-refractivity contribution >= 4 is 11.7 Å². The fraction of sp³-hybridized carbons (Fsp3) is 0.346. The van der Waals surface area contributed by atoms with Crippen molar-refractivity contribution in [2.75, 3.05) is 18.0 Å². The van der Waals surface area contributed by atoms with E-state index in [4.69, 9.17) is 4.98 Å². The zero-order valence-corrected chi connectivity index (χ0v) is 18.1. The average Bonchev–Trinajstić information content (AvgIpc) is 2.84. The lowest BCUT2D eigenvalue weighted by Gasteiger charge is -2.33. The van der Waals surface area contributed by atoms with Crippen molar-refractivity contribution in [1.82, 2.24) is 15.3 Å². The van der Waals surface area contributed by atoms with Crippen molar-refractivity contribution in [3.63, 3.8) is 0 Å². The molecular weight excluding hydrogens is 384 g/mol. The molecule has 1 fully saturated rings. The molecule has 1 N–H and O–H groups in total. The number of nitrogens with one attached hydrogen (secondary N) is 1. The molecule has 31 heavy (non-hydrogen) atoms. The minimum atomic E-state index is -0.0111. The molecule has 1 saturated heterocycles. The lowest BCUT2D eigenvalue weighted by atomic mass is 9.96. The molecule has 1 aliphatic heterocycles. The quantitative estimate of drug-likeness (QED) is 0.619. The van der Waals surface area contributed by atoms with E-state index in [0.717, 1.165) is 49.4 Å². The van der Waals surface area contributed by atoms with Crippen LogP contribution < -0.4 is 10.2 Å². The fourth-order valence-corrected chi connectivity index (χ4v) is 4.11. The van der Waals surface area contributed by atoms with Crippen molar-refractivity contribution in [2.24, 2.45) is 5.92 Å². The number of benzene rings is 2. The highest BCUT2D eigenvalue weighted by Crippen LogP contribution is 2.24. The van der Waals surface area contributed by atoms with E-state index in [1.54, 1.807) is 6.20 Å². The first kappa shape index (κ1) is 21.0. The van der Waals surface area contributed by atoms with E-state index in [1.165, 1.54) is 5.56 Å². The summed E-state index contributed by atoms with van der Waals surface area (Å²) < 4.78 is 0. The summed E-state index contributed by atoms with van der Waals surface area (Å²) in [6.07, 6.45) is 5.63. The average molecular weight is 415 g/mol. The van der Waals surface area contributed by atoms with Crippen LogP contribution in [0.2, 0.25) is 0 Å². The minimum Gasteiger partial charge on any atom is -0.356 e. The van der Waals surface area contributed by atoms with Gasteiger partial charge in [-0.2, -0.15) is 0 Å². The monoisotopic (exact) mass is 414 g/mol. The van der Waals surface area contributed by atoms with E-state index < -0.39 is 0 Å². The molecule has 5 nitrogen and oxygen atoms in total. The van der Waals surface area contributed by atoms with Crippen molar-refractivity contribution in [3.8, 4) is 11.4 Å². The molecule has 0 spiro atoms. The molecule has 1 aliphatic rings. The number of anilines is 1. The van der Waals surface area contributed by atoms with Gasteiger partial charge in [-0.3, -0.25) is 4.79 Å². The molecule has 0 bridgehead atoms. The first-order chi connectivity index (χ1) is 15.2. The second-order valence-electron chi connectivity index (χ2n) is 8.32. The number of hydrogen-bond acceptors (Lipinski definition) is 4. The molecule has 3 aromatic rings. The maximum Gasteiger partial charge on any atom is 0.225 e. The Hall–Kier alpha value is -3.21. The van der Waals surface area contributed by atoms with Crippen molar-refractivity contribution in [1.29, 1.82) is 0 Å². The summed E-state index contributed by atoms with van der Waals surface area (Å²) in [4.78, 5) is 24.3. The van der Waals surface area contributed by atoms with Crippen LogP contribution in [0.4, 0.5) is 5.82 Å². The van der Waals surface area contributed by atoms with Gasteiger partial charge in [0.25, 0.3) is 0 Å². The molecule has 1 aromatic heterocycles. The van der Waals surface area contributed by atoms with Crippen LogP contribution in [0.5, 0.6) is 0 Å². The smallest absolute Gasteiger partial charge is 0.225 e. The second-order valence-corrected chi connectivity index (χ2v) is 8.32. The van der Waals surface area contributed by atoms with Crippen LogP contribution in [0.25, 0.3) is 11.4 Å². The van der Waals surface area contributed by atoms with Gasteiger partial charge in [0, 0.05) is 30.9 Å². The van der Waals surface area contributed by atoms with Gasteiger partial charge in [-0.25, -0.2) is 9.97 Å². The zero-order chi connectivity index (χ0) is 21.5. The number of piperidine rings is 1. The summed E-state index contributed by atoms with van der Waals surface area (Å²) in [6.45, 7) is 3.71. The standard InChI is InChI=1S/C26H30N4O/c1-20(14-15-21-9-4-2-5-10-21)28-26(31)23-13-8-18-30(19-23)24-16-17-27-25(29-24)22-11-6-3-7-12-22/h2-7,9-12,16-17,20,23H,8,13-15,18-19H2,1H3,(H,28,31)/t20-,23+/m1/s1. The molecule has 4 rings (SSSR count). The van der Waals surface area contributed by atoms with E-state index >= 15 is 0 Å². The van der Waals surface area contributed by atoms with Crippen LogP contribution in [0, 0.1) is 5.92 Å². The van der Waals surface area contributed by atoms with Crippen LogP contribution >= 0.6 is 0 Å². The van der Waals surface area contributed by atoms with E-state index in [2.05, 4.69) is 46.4 Å². The fourth-order valence-electron chi connectivity index (χ4n) is 4.11. The van der Waals surface area contributed by atoms with Gasteiger partial charge in [0.2, 0.25) is 5.91 Å². The highest BCUT2D eigenvalue weighted by atomic mass is 16.2. The highest BCUT2D eigenvalue weighted by molar-refractivity contribution is 5.79. The van der Waals surface area contributed by atoms with Gasteiger partial charge in [-0.05, 0) is 44.2 Å². The van der Waals surface area contributed by atoms with Gasteiger partial charge in [-0.1, -0.05) is 60.7 Å². The van der Waals surface area contributed by atoms with Gasteiger partial charge in [0.15, 0.2) is 5.82 Å². The number of aryl methyl sites for hydroxylation is 1. The predicted octanol–water partition coefficient (Wildman–Crippen LogP) is 4.50. The molecule has 0 aliphatic carbocycles. The maximum atomic E-state index is 12.9. The van der Waals surface area contributed by atoms with Gasteiger partial charge < -0.3 is 10.2 Å². The summed E-state index contributed by atoms with van der Waals surface area (Å²) in [5, 5.41) is 3.23. The SMILES string of the molecule is C[C@H](CCc1ccccc1)NC(=O)[C@H]1CCCN(c2ccnc(-c3ccccc3)n2)C1. The molecule has 160 valence electrons. The summed E-state index contributed by atoms with van der Waals surface area (Å²) in [5.41, 5.74) is 2.31. The van der Waals surface area contributed by atoms with Gasteiger partial charge in [-0.15, -0.1) is 0 Å². The van der Waals surface area contributed by atoms with Gasteiger partial charge >= 0.3 is 0 Å². The Morgan fingerprint density at radius 2 is 1.84 bits per heavy atom. The number of hydrogen-bond donors (Lipinski definition) is 1. The molecule has 2 atom stereocenters.